The zero-order chi connectivity index (χ0) is 17.1. The molecular formula is C17H22N4O3. The fourth-order valence-electron chi connectivity index (χ4n) is 2.24. The van der Waals surface area contributed by atoms with Gasteiger partial charge in [-0.3, -0.25) is 4.98 Å². The standard InChI is InChI=1S/C17H22N4O3/c1-10(2)9-23-17(22)19-11(3)16-20-15(21-24-16)13-6-7-18-14(8-13)12-4-5-12/h6-8,10-12H,4-5,9H2,1-3H3,(H,19,22)/t11-/m0/s1. The minimum Gasteiger partial charge on any atom is -0.449 e. The molecule has 0 aromatic carbocycles. The molecule has 3 rings (SSSR count). The van der Waals surface area contributed by atoms with Gasteiger partial charge in [-0.2, -0.15) is 4.98 Å². The Balaban J connectivity index is 1.64. The number of pyridine rings is 1. The number of amides is 1. The number of carbonyl (C=O) groups is 1. The Kier molecular flexibility index (Phi) is 4.78. The van der Waals surface area contributed by atoms with E-state index in [2.05, 4.69) is 20.4 Å². The summed E-state index contributed by atoms with van der Waals surface area (Å²) in [5.41, 5.74) is 1.94. The Labute approximate surface area is 140 Å². The number of hydrogen-bond acceptors (Lipinski definition) is 6. The zero-order valence-corrected chi connectivity index (χ0v) is 14.2. The number of rotatable bonds is 6. The van der Waals surface area contributed by atoms with E-state index < -0.39 is 12.1 Å². The highest BCUT2D eigenvalue weighted by Gasteiger charge is 2.25. The molecule has 1 aliphatic rings. The molecule has 1 saturated carbocycles. The van der Waals surface area contributed by atoms with Gasteiger partial charge < -0.3 is 14.6 Å². The molecule has 0 unspecified atom stereocenters. The van der Waals surface area contributed by atoms with Crippen molar-refractivity contribution in [3.63, 3.8) is 0 Å². The van der Waals surface area contributed by atoms with Crippen molar-refractivity contribution < 1.29 is 14.1 Å². The van der Waals surface area contributed by atoms with E-state index in [1.807, 2.05) is 26.0 Å². The van der Waals surface area contributed by atoms with Crippen LogP contribution in [0.2, 0.25) is 0 Å². The number of alkyl carbamates (subject to hydrolysis) is 1. The Morgan fingerprint density at radius 1 is 1.42 bits per heavy atom. The fourth-order valence-corrected chi connectivity index (χ4v) is 2.24. The SMILES string of the molecule is CC(C)COC(=O)N[C@@H](C)c1nc(-c2ccnc(C3CC3)c2)no1. The maximum Gasteiger partial charge on any atom is 0.407 e. The highest BCUT2D eigenvalue weighted by atomic mass is 16.5. The van der Waals surface area contributed by atoms with Gasteiger partial charge in [0, 0.05) is 23.4 Å². The summed E-state index contributed by atoms with van der Waals surface area (Å²) in [6, 6.07) is 3.44. The van der Waals surface area contributed by atoms with Gasteiger partial charge in [-0.25, -0.2) is 4.79 Å². The second kappa shape index (κ2) is 6.98. The van der Waals surface area contributed by atoms with Crippen LogP contribution < -0.4 is 5.32 Å². The molecule has 1 fully saturated rings. The van der Waals surface area contributed by atoms with Crippen LogP contribution in [0, 0.1) is 5.92 Å². The predicted molar refractivity (Wildman–Crippen MR) is 87.2 cm³/mol. The van der Waals surface area contributed by atoms with Crippen molar-refractivity contribution in [2.75, 3.05) is 6.61 Å². The van der Waals surface area contributed by atoms with Gasteiger partial charge in [0.2, 0.25) is 11.7 Å². The zero-order valence-electron chi connectivity index (χ0n) is 14.2. The first-order valence-electron chi connectivity index (χ1n) is 8.26. The third kappa shape index (κ3) is 4.10. The third-order valence-electron chi connectivity index (χ3n) is 3.73. The molecule has 7 heteroatoms. The number of ether oxygens (including phenoxy) is 1. The number of carbonyl (C=O) groups excluding carboxylic acids is 1. The number of hydrogen-bond donors (Lipinski definition) is 1. The summed E-state index contributed by atoms with van der Waals surface area (Å²) in [6.07, 6.45) is 3.65. The van der Waals surface area contributed by atoms with Crippen molar-refractivity contribution >= 4 is 6.09 Å². The van der Waals surface area contributed by atoms with Gasteiger partial charge in [-0.05, 0) is 37.8 Å². The van der Waals surface area contributed by atoms with Crippen molar-refractivity contribution in [2.45, 2.75) is 45.6 Å². The van der Waals surface area contributed by atoms with Crippen LogP contribution >= 0.6 is 0 Å². The topological polar surface area (TPSA) is 90.1 Å². The first-order valence-corrected chi connectivity index (χ1v) is 8.26. The molecule has 1 N–H and O–H groups in total. The van der Waals surface area contributed by atoms with Gasteiger partial charge in [-0.15, -0.1) is 0 Å². The summed E-state index contributed by atoms with van der Waals surface area (Å²) in [4.78, 5) is 20.5. The average molecular weight is 330 g/mol. The first-order chi connectivity index (χ1) is 11.5. The minimum absolute atomic E-state index is 0.286. The molecule has 2 aromatic rings. The molecule has 0 bridgehead atoms. The molecule has 1 amide bonds. The molecule has 1 atom stereocenters. The number of nitrogens with one attached hydrogen (secondary N) is 1. The van der Waals surface area contributed by atoms with E-state index in [0.717, 1.165) is 11.3 Å². The van der Waals surface area contributed by atoms with Gasteiger partial charge in [-0.1, -0.05) is 19.0 Å². The molecule has 1 aliphatic carbocycles. The quantitative estimate of drug-likeness (QED) is 0.872. The lowest BCUT2D eigenvalue weighted by Crippen LogP contribution is -2.28. The largest absolute Gasteiger partial charge is 0.449 e. The molecule has 7 nitrogen and oxygen atoms in total. The fraction of sp³-hybridized carbons (Fsp3) is 0.529. The van der Waals surface area contributed by atoms with Crippen molar-refractivity contribution in [3.05, 3.63) is 29.9 Å². The van der Waals surface area contributed by atoms with Crippen LogP contribution in [0.1, 0.15) is 57.2 Å². The maximum absolute atomic E-state index is 11.7. The summed E-state index contributed by atoms with van der Waals surface area (Å²) in [5, 5.41) is 6.69. The number of nitrogens with zero attached hydrogens (tertiary/aromatic N) is 3. The highest BCUT2D eigenvalue weighted by Crippen LogP contribution is 2.39. The van der Waals surface area contributed by atoms with E-state index in [-0.39, 0.29) is 5.92 Å². The lowest BCUT2D eigenvalue weighted by Gasteiger charge is -2.11. The first kappa shape index (κ1) is 16.4. The van der Waals surface area contributed by atoms with Gasteiger partial charge in [0.25, 0.3) is 0 Å². The Hall–Kier alpha value is -2.44. The summed E-state index contributed by atoms with van der Waals surface area (Å²) < 4.78 is 10.4. The summed E-state index contributed by atoms with van der Waals surface area (Å²) in [7, 11) is 0. The predicted octanol–water partition coefficient (Wildman–Crippen LogP) is 3.45. The smallest absolute Gasteiger partial charge is 0.407 e. The van der Waals surface area contributed by atoms with Crippen molar-refractivity contribution in [3.8, 4) is 11.4 Å². The van der Waals surface area contributed by atoms with E-state index in [4.69, 9.17) is 9.26 Å². The molecule has 0 spiro atoms. The molecule has 0 aliphatic heterocycles. The highest BCUT2D eigenvalue weighted by molar-refractivity contribution is 5.67. The van der Waals surface area contributed by atoms with E-state index >= 15 is 0 Å². The molecule has 2 aromatic heterocycles. The van der Waals surface area contributed by atoms with Gasteiger partial charge in [0.1, 0.15) is 6.04 Å². The van der Waals surface area contributed by atoms with Crippen LogP contribution in [0.4, 0.5) is 4.79 Å². The lowest BCUT2D eigenvalue weighted by atomic mass is 10.2. The van der Waals surface area contributed by atoms with Crippen LogP contribution in [0.15, 0.2) is 22.9 Å². The monoisotopic (exact) mass is 330 g/mol. The van der Waals surface area contributed by atoms with Gasteiger partial charge in [0.05, 0.1) is 6.61 Å². The molecule has 128 valence electrons. The van der Waals surface area contributed by atoms with Crippen molar-refractivity contribution in [1.82, 2.24) is 20.4 Å². The van der Waals surface area contributed by atoms with E-state index in [1.54, 1.807) is 13.1 Å². The van der Waals surface area contributed by atoms with E-state index in [1.165, 1.54) is 12.8 Å². The molecule has 0 saturated heterocycles. The van der Waals surface area contributed by atoms with Crippen LogP contribution in [-0.2, 0) is 4.74 Å². The van der Waals surface area contributed by atoms with Crippen LogP contribution in [0.5, 0.6) is 0 Å². The van der Waals surface area contributed by atoms with E-state index in [9.17, 15) is 4.79 Å². The Morgan fingerprint density at radius 2 is 2.21 bits per heavy atom. The Morgan fingerprint density at radius 3 is 2.92 bits per heavy atom. The van der Waals surface area contributed by atoms with E-state index in [0.29, 0.717) is 24.2 Å². The minimum atomic E-state index is -0.490. The van der Waals surface area contributed by atoms with Crippen LogP contribution in [-0.4, -0.2) is 27.8 Å². The van der Waals surface area contributed by atoms with Crippen molar-refractivity contribution in [2.24, 2.45) is 5.92 Å². The van der Waals surface area contributed by atoms with Gasteiger partial charge in [0.15, 0.2) is 0 Å². The average Bonchev–Trinajstić information content (AvgIpc) is 3.29. The molecule has 0 radical (unpaired) electrons. The molecular weight excluding hydrogens is 308 g/mol. The second-order valence-electron chi connectivity index (χ2n) is 6.56. The summed E-state index contributed by atoms with van der Waals surface area (Å²) in [6.45, 7) is 6.10. The molecule has 2 heterocycles. The van der Waals surface area contributed by atoms with Crippen LogP contribution in [0.25, 0.3) is 11.4 Å². The van der Waals surface area contributed by atoms with Crippen LogP contribution in [0.3, 0.4) is 0 Å². The normalized spacial score (nSPS) is 15.3. The third-order valence-corrected chi connectivity index (χ3v) is 3.73. The summed E-state index contributed by atoms with van der Waals surface area (Å²) >= 11 is 0. The van der Waals surface area contributed by atoms with Gasteiger partial charge >= 0.3 is 6.09 Å². The van der Waals surface area contributed by atoms with Crippen molar-refractivity contribution in [1.29, 1.82) is 0 Å². The number of aromatic nitrogens is 3. The Bertz CT molecular complexity index is 709. The lowest BCUT2D eigenvalue weighted by molar-refractivity contribution is 0.128. The maximum atomic E-state index is 11.7. The molecule has 24 heavy (non-hydrogen) atoms. The second-order valence-corrected chi connectivity index (χ2v) is 6.56. The summed E-state index contributed by atoms with van der Waals surface area (Å²) in [5.74, 6) is 1.69.